The van der Waals surface area contributed by atoms with Crippen molar-refractivity contribution < 1.29 is 4.74 Å². The molecule has 1 aromatic carbocycles. The van der Waals surface area contributed by atoms with Gasteiger partial charge in [-0.25, -0.2) is 4.99 Å². The zero-order chi connectivity index (χ0) is 20.5. The van der Waals surface area contributed by atoms with Gasteiger partial charge in [0.2, 0.25) is 0 Å². The molecule has 164 valence electrons. The van der Waals surface area contributed by atoms with Crippen molar-refractivity contribution in [3.05, 3.63) is 54.2 Å². The first-order valence-corrected chi connectivity index (χ1v) is 10.4. The van der Waals surface area contributed by atoms with E-state index < -0.39 is 0 Å². The van der Waals surface area contributed by atoms with E-state index in [-0.39, 0.29) is 29.5 Å². The second-order valence-corrected chi connectivity index (χ2v) is 7.88. The predicted molar refractivity (Wildman–Crippen MR) is 134 cm³/mol. The summed E-state index contributed by atoms with van der Waals surface area (Å²) in [5.74, 6) is 0.845. The number of nitrogens with zero attached hydrogens (tertiary/aromatic N) is 3. The van der Waals surface area contributed by atoms with E-state index in [1.165, 1.54) is 0 Å². The van der Waals surface area contributed by atoms with Gasteiger partial charge in [-0.3, -0.25) is 9.88 Å². The van der Waals surface area contributed by atoms with E-state index >= 15 is 0 Å². The van der Waals surface area contributed by atoms with Gasteiger partial charge in [0, 0.05) is 43.5 Å². The summed E-state index contributed by atoms with van der Waals surface area (Å²) < 4.78 is 5.49. The number of aromatic nitrogens is 1. The van der Waals surface area contributed by atoms with Crippen LogP contribution in [-0.4, -0.2) is 60.8 Å². The summed E-state index contributed by atoms with van der Waals surface area (Å²) in [6.45, 7) is 12.5. The van der Waals surface area contributed by atoms with Gasteiger partial charge in [0.15, 0.2) is 5.96 Å². The van der Waals surface area contributed by atoms with E-state index in [0.29, 0.717) is 6.54 Å². The minimum atomic E-state index is 0. The summed E-state index contributed by atoms with van der Waals surface area (Å²) in [7, 11) is 0. The summed E-state index contributed by atoms with van der Waals surface area (Å²) in [5.41, 5.74) is 3.30. The maximum absolute atomic E-state index is 5.49. The van der Waals surface area contributed by atoms with Crippen LogP contribution in [0.1, 0.15) is 26.3 Å². The van der Waals surface area contributed by atoms with Crippen LogP contribution in [0.5, 0.6) is 0 Å². The number of nitrogens with one attached hydrogen (secondary N) is 2. The second-order valence-electron chi connectivity index (χ2n) is 7.88. The van der Waals surface area contributed by atoms with Crippen molar-refractivity contribution in [1.29, 1.82) is 0 Å². The van der Waals surface area contributed by atoms with Gasteiger partial charge in [-0.05, 0) is 44.5 Å². The van der Waals surface area contributed by atoms with Crippen LogP contribution in [0.15, 0.2) is 53.7 Å². The van der Waals surface area contributed by atoms with Crippen LogP contribution < -0.4 is 10.6 Å². The largest absolute Gasteiger partial charge is 0.379 e. The fraction of sp³-hybridized carbons (Fsp3) is 0.478. The summed E-state index contributed by atoms with van der Waals surface area (Å²) >= 11 is 0. The Balaban J connectivity index is 0.00000320. The number of morpholine rings is 1. The van der Waals surface area contributed by atoms with Crippen LogP contribution in [0.3, 0.4) is 0 Å². The SMILES string of the molecule is CCNC(=NCc1cccc(-c2ccccn2)c1)NCC(C)(C)N1CCOCC1.I. The topological polar surface area (TPSA) is 61.8 Å². The Morgan fingerprint density at radius 2 is 1.93 bits per heavy atom. The Hall–Kier alpha value is -1.71. The van der Waals surface area contributed by atoms with Crippen molar-refractivity contribution >= 4 is 29.9 Å². The molecular weight excluding hydrogens is 489 g/mol. The molecule has 3 rings (SSSR count). The zero-order valence-electron chi connectivity index (χ0n) is 18.2. The molecule has 0 spiro atoms. The van der Waals surface area contributed by atoms with Crippen LogP contribution in [0, 0.1) is 0 Å². The summed E-state index contributed by atoms with van der Waals surface area (Å²) in [6.07, 6.45) is 1.82. The highest BCUT2D eigenvalue weighted by atomic mass is 127. The average Bonchev–Trinajstić information content (AvgIpc) is 2.77. The van der Waals surface area contributed by atoms with Crippen LogP contribution in [0.25, 0.3) is 11.3 Å². The third kappa shape index (κ3) is 7.21. The molecule has 2 aromatic rings. The third-order valence-electron chi connectivity index (χ3n) is 5.21. The van der Waals surface area contributed by atoms with Crippen LogP contribution in [0.4, 0.5) is 0 Å². The first kappa shape index (κ1) is 24.6. The van der Waals surface area contributed by atoms with Crippen molar-refractivity contribution in [1.82, 2.24) is 20.5 Å². The smallest absolute Gasteiger partial charge is 0.191 e. The molecule has 0 unspecified atom stereocenters. The van der Waals surface area contributed by atoms with E-state index in [1.807, 2.05) is 24.4 Å². The molecule has 0 radical (unpaired) electrons. The summed E-state index contributed by atoms with van der Waals surface area (Å²) in [5, 5.41) is 6.88. The van der Waals surface area contributed by atoms with Gasteiger partial charge in [-0.15, -0.1) is 24.0 Å². The van der Waals surface area contributed by atoms with Crippen LogP contribution in [0.2, 0.25) is 0 Å². The highest BCUT2D eigenvalue weighted by Crippen LogP contribution is 2.18. The summed E-state index contributed by atoms with van der Waals surface area (Å²) in [4.78, 5) is 11.7. The minimum Gasteiger partial charge on any atom is -0.379 e. The standard InChI is InChI=1S/C23H33N5O.HI/c1-4-24-22(27-18-23(2,3)28-12-14-29-15-13-28)26-17-19-8-7-9-20(16-19)21-10-5-6-11-25-21;/h5-11,16H,4,12-15,17-18H2,1-3H3,(H2,24,26,27);1H. The van der Waals surface area contributed by atoms with Gasteiger partial charge in [-0.1, -0.05) is 24.3 Å². The Labute approximate surface area is 197 Å². The van der Waals surface area contributed by atoms with E-state index in [0.717, 1.165) is 62.2 Å². The number of guanidine groups is 1. The molecule has 2 heterocycles. The van der Waals surface area contributed by atoms with E-state index in [9.17, 15) is 0 Å². The second kappa shape index (κ2) is 12.2. The zero-order valence-corrected chi connectivity index (χ0v) is 20.6. The van der Waals surface area contributed by atoms with Gasteiger partial charge in [0.25, 0.3) is 0 Å². The van der Waals surface area contributed by atoms with Crippen molar-refractivity contribution in [2.24, 2.45) is 4.99 Å². The third-order valence-corrected chi connectivity index (χ3v) is 5.21. The van der Waals surface area contributed by atoms with Gasteiger partial charge in [0.1, 0.15) is 0 Å². The Morgan fingerprint density at radius 1 is 1.13 bits per heavy atom. The highest BCUT2D eigenvalue weighted by Gasteiger charge is 2.28. The quantitative estimate of drug-likeness (QED) is 0.331. The monoisotopic (exact) mass is 523 g/mol. The number of rotatable bonds is 7. The molecule has 0 saturated carbocycles. The molecule has 30 heavy (non-hydrogen) atoms. The van der Waals surface area contributed by atoms with Gasteiger partial charge in [0.05, 0.1) is 25.5 Å². The molecule has 1 aliphatic heterocycles. The van der Waals surface area contributed by atoms with E-state index in [1.54, 1.807) is 0 Å². The molecule has 0 bridgehead atoms. The molecular formula is C23H34IN5O. The number of hydrogen-bond donors (Lipinski definition) is 2. The fourth-order valence-electron chi connectivity index (χ4n) is 3.46. The molecule has 1 fully saturated rings. The van der Waals surface area contributed by atoms with Gasteiger partial charge >= 0.3 is 0 Å². The Kier molecular flexibility index (Phi) is 10.0. The van der Waals surface area contributed by atoms with Crippen molar-refractivity contribution in [2.75, 3.05) is 39.4 Å². The van der Waals surface area contributed by atoms with Crippen molar-refractivity contribution in [3.63, 3.8) is 0 Å². The lowest BCUT2D eigenvalue weighted by Crippen LogP contribution is -2.56. The number of pyridine rings is 1. The van der Waals surface area contributed by atoms with Gasteiger partial charge in [-0.2, -0.15) is 0 Å². The minimum absolute atomic E-state index is 0. The lowest BCUT2D eigenvalue weighted by Gasteiger charge is -2.41. The molecule has 1 aromatic heterocycles. The number of halogens is 1. The normalized spacial score (nSPS) is 15.4. The maximum Gasteiger partial charge on any atom is 0.191 e. The molecule has 0 amide bonds. The van der Waals surface area contributed by atoms with Crippen molar-refractivity contribution in [2.45, 2.75) is 32.9 Å². The summed E-state index contributed by atoms with van der Waals surface area (Å²) in [6, 6.07) is 14.4. The Bertz CT molecular complexity index is 791. The molecule has 0 aliphatic carbocycles. The van der Waals surface area contributed by atoms with Crippen molar-refractivity contribution in [3.8, 4) is 11.3 Å². The van der Waals surface area contributed by atoms with Crippen LogP contribution >= 0.6 is 24.0 Å². The average molecular weight is 523 g/mol. The molecule has 1 saturated heterocycles. The number of benzene rings is 1. The first-order chi connectivity index (χ1) is 14.1. The fourth-order valence-corrected chi connectivity index (χ4v) is 3.46. The Morgan fingerprint density at radius 3 is 2.63 bits per heavy atom. The predicted octanol–water partition coefficient (Wildman–Crippen LogP) is 3.53. The molecule has 0 atom stereocenters. The lowest BCUT2D eigenvalue weighted by molar-refractivity contribution is -0.00834. The molecule has 6 nitrogen and oxygen atoms in total. The highest BCUT2D eigenvalue weighted by molar-refractivity contribution is 14.0. The number of ether oxygens (including phenoxy) is 1. The molecule has 2 N–H and O–H groups in total. The first-order valence-electron chi connectivity index (χ1n) is 10.4. The van der Waals surface area contributed by atoms with Gasteiger partial charge < -0.3 is 15.4 Å². The van der Waals surface area contributed by atoms with Crippen LogP contribution in [-0.2, 0) is 11.3 Å². The molecule has 1 aliphatic rings. The molecule has 7 heteroatoms. The lowest BCUT2D eigenvalue weighted by atomic mass is 10.0. The number of aliphatic imine (C=N–C) groups is 1. The van der Waals surface area contributed by atoms with E-state index in [4.69, 9.17) is 9.73 Å². The van der Waals surface area contributed by atoms with E-state index in [2.05, 4.69) is 65.6 Å². The maximum atomic E-state index is 5.49. The number of hydrogen-bond acceptors (Lipinski definition) is 4.